The third-order valence-corrected chi connectivity index (χ3v) is 1.78. The molecule has 0 aromatic heterocycles. The maximum absolute atomic E-state index is 10.9. The average molecular weight is 220 g/mol. The van der Waals surface area contributed by atoms with Crippen molar-refractivity contribution in [2.45, 2.75) is 20.8 Å². The molecule has 0 aliphatic heterocycles. The van der Waals surface area contributed by atoms with Crippen molar-refractivity contribution < 1.29 is 17.8 Å². The van der Waals surface area contributed by atoms with Crippen molar-refractivity contribution in [2.24, 2.45) is 5.41 Å². The molecule has 4 nitrogen and oxygen atoms in total. The zero-order valence-electron chi connectivity index (χ0n) is 6.79. The summed E-state index contributed by atoms with van der Waals surface area (Å²) in [5.74, 6) is -1.28. The van der Waals surface area contributed by atoms with E-state index in [1.54, 1.807) is 20.8 Å². The molecule has 0 aromatic carbocycles. The van der Waals surface area contributed by atoms with Crippen LogP contribution in [-0.4, -0.2) is 75.9 Å². The molecule has 0 fully saturated rings. The molecule has 0 unspecified atom stereocenters. The molecule has 0 heterocycles. The summed E-state index contributed by atoms with van der Waals surface area (Å²) in [6, 6.07) is 0. The van der Waals surface area contributed by atoms with Crippen LogP contribution in [0.15, 0.2) is 0 Å². The van der Waals surface area contributed by atoms with E-state index in [0.29, 0.717) is 0 Å². The van der Waals surface area contributed by atoms with Gasteiger partial charge in [-0.3, -0.25) is 9.35 Å². The minimum absolute atomic E-state index is 0. The number of carbonyl (C=O) groups excluding carboxylic acids is 1. The molecule has 0 amide bonds. The Kier molecular flexibility index (Phi) is 6.77. The third kappa shape index (κ3) is 7.84. The van der Waals surface area contributed by atoms with Crippen LogP contribution < -0.4 is 0 Å². The Morgan fingerprint density at radius 3 is 1.75 bits per heavy atom. The van der Waals surface area contributed by atoms with Crippen LogP contribution in [0.1, 0.15) is 20.8 Å². The van der Waals surface area contributed by atoms with Gasteiger partial charge in [-0.05, 0) is 0 Å². The van der Waals surface area contributed by atoms with Gasteiger partial charge < -0.3 is 0 Å². The Balaban J connectivity index is 0. The summed E-state index contributed by atoms with van der Waals surface area (Å²) in [5.41, 5.74) is -0.712. The molecule has 0 aliphatic rings. The van der Waals surface area contributed by atoms with E-state index < -0.39 is 27.1 Å². The number of Topliss-reactive ketones (excluding diaryl/α,β-unsaturated/α-hetero) is 1. The molecule has 0 atom stereocenters. The molecule has 0 saturated heterocycles. The predicted octanol–water partition coefficient (Wildman–Crippen LogP) is -0.159. The van der Waals surface area contributed by atoms with Crippen LogP contribution in [0.4, 0.5) is 0 Å². The van der Waals surface area contributed by atoms with Crippen LogP contribution in [0.25, 0.3) is 0 Å². The molecule has 1 N–H and O–H groups in total. The first-order chi connectivity index (χ1) is 4.63. The SMILES string of the molecule is CC(C)(C)C(=O)CS(=O)(=O)O.[KH]. The van der Waals surface area contributed by atoms with Gasteiger partial charge in [0.1, 0.15) is 5.75 Å². The number of carbonyl (C=O) groups is 1. The molecule has 0 rings (SSSR count). The van der Waals surface area contributed by atoms with Gasteiger partial charge in [-0.15, -0.1) is 0 Å². The van der Waals surface area contributed by atoms with Crippen LogP contribution in [-0.2, 0) is 14.9 Å². The van der Waals surface area contributed by atoms with Gasteiger partial charge in [0.2, 0.25) is 0 Å². The van der Waals surface area contributed by atoms with Gasteiger partial charge in [-0.25, -0.2) is 0 Å². The molecule has 12 heavy (non-hydrogen) atoms. The van der Waals surface area contributed by atoms with Crippen LogP contribution in [0.3, 0.4) is 0 Å². The zero-order valence-corrected chi connectivity index (χ0v) is 7.60. The predicted molar refractivity (Wildman–Crippen MR) is 48.0 cm³/mol. The monoisotopic (exact) mass is 220 g/mol. The van der Waals surface area contributed by atoms with Crippen LogP contribution >= 0.6 is 0 Å². The van der Waals surface area contributed by atoms with Crippen molar-refractivity contribution in [1.29, 1.82) is 0 Å². The summed E-state index contributed by atoms with van der Waals surface area (Å²) in [6.45, 7) is 4.79. The number of hydrogen-bond acceptors (Lipinski definition) is 3. The Bertz CT molecular complexity index is 249. The molecule has 0 saturated carbocycles. The van der Waals surface area contributed by atoms with E-state index >= 15 is 0 Å². The summed E-state index contributed by atoms with van der Waals surface area (Å²) in [7, 11) is -4.16. The van der Waals surface area contributed by atoms with Crippen molar-refractivity contribution in [3.05, 3.63) is 0 Å². The molecule has 0 spiro atoms. The number of rotatable bonds is 2. The Hall–Kier alpha value is 1.22. The average Bonchev–Trinajstić information content (AvgIpc) is 1.56. The van der Waals surface area contributed by atoms with Crippen LogP contribution in [0, 0.1) is 5.41 Å². The normalized spacial score (nSPS) is 12.0. The van der Waals surface area contributed by atoms with Crippen LogP contribution in [0.2, 0.25) is 0 Å². The van der Waals surface area contributed by atoms with Crippen molar-refractivity contribution in [3.63, 3.8) is 0 Å². The van der Waals surface area contributed by atoms with Gasteiger partial charge in [-0.2, -0.15) is 8.42 Å². The summed E-state index contributed by atoms with van der Waals surface area (Å²) < 4.78 is 28.7. The standard InChI is InChI=1S/C6H12O4S.K.H/c1-6(2,3)5(7)4-11(8,9)10;;/h4H2,1-3H3,(H,8,9,10);;. The van der Waals surface area contributed by atoms with E-state index in [9.17, 15) is 13.2 Å². The van der Waals surface area contributed by atoms with Crippen LogP contribution in [0.5, 0.6) is 0 Å². The molecule has 0 aliphatic carbocycles. The second kappa shape index (κ2) is 5.19. The molecule has 68 valence electrons. The first-order valence-electron chi connectivity index (χ1n) is 3.11. The molecule has 0 bridgehead atoms. The molecular weight excluding hydrogens is 207 g/mol. The van der Waals surface area contributed by atoms with Gasteiger partial charge >= 0.3 is 51.4 Å². The van der Waals surface area contributed by atoms with E-state index in [1.165, 1.54) is 0 Å². The quantitative estimate of drug-likeness (QED) is 0.518. The van der Waals surface area contributed by atoms with E-state index in [-0.39, 0.29) is 51.4 Å². The van der Waals surface area contributed by atoms with Crippen molar-refractivity contribution in [3.8, 4) is 0 Å². The first-order valence-corrected chi connectivity index (χ1v) is 4.72. The Morgan fingerprint density at radius 1 is 1.33 bits per heavy atom. The fourth-order valence-corrected chi connectivity index (χ4v) is 1.15. The van der Waals surface area contributed by atoms with E-state index in [2.05, 4.69) is 0 Å². The summed E-state index contributed by atoms with van der Waals surface area (Å²) >= 11 is 0. The second-order valence-electron chi connectivity index (χ2n) is 3.40. The fourth-order valence-electron chi connectivity index (χ4n) is 0.382. The van der Waals surface area contributed by atoms with Crippen molar-refractivity contribution >= 4 is 67.3 Å². The van der Waals surface area contributed by atoms with Crippen molar-refractivity contribution in [2.75, 3.05) is 5.75 Å². The van der Waals surface area contributed by atoms with Gasteiger partial charge in [0.15, 0.2) is 5.78 Å². The van der Waals surface area contributed by atoms with E-state index in [4.69, 9.17) is 4.55 Å². The van der Waals surface area contributed by atoms with Gasteiger partial charge in [0.05, 0.1) is 0 Å². The topological polar surface area (TPSA) is 71.4 Å². The molecule has 0 radical (unpaired) electrons. The molecular formula is C6H13KO4S. The number of ketones is 1. The van der Waals surface area contributed by atoms with Gasteiger partial charge in [0.25, 0.3) is 10.1 Å². The van der Waals surface area contributed by atoms with Gasteiger partial charge in [0, 0.05) is 5.41 Å². The maximum atomic E-state index is 10.9. The molecule has 0 aromatic rings. The first kappa shape index (κ1) is 15.7. The summed E-state index contributed by atoms with van der Waals surface area (Å²) in [4.78, 5) is 10.9. The second-order valence-corrected chi connectivity index (χ2v) is 4.85. The fraction of sp³-hybridized carbons (Fsp3) is 0.833. The van der Waals surface area contributed by atoms with Gasteiger partial charge in [-0.1, -0.05) is 20.8 Å². The zero-order chi connectivity index (χ0) is 9.28. The Morgan fingerprint density at radius 2 is 1.67 bits per heavy atom. The summed E-state index contributed by atoms with van der Waals surface area (Å²) in [5, 5.41) is 0. The Labute approximate surface area is 115 Å². The molecule has 6 heteroatoms. The third-order valence-electron chi connectivity index (χ3n) is 1.15. The van der Waals surface area contributed by atoms with E-state index in [0.717, 1.165) is 0 Å². The summed E-state index contributed by atoms with van der Waals surface area (Å²) in [6.07, 6.45) is 0. The van der Waals surface area contributed by atoms with E-state index in [1.807, 2.05) is 0 Å². The van der Waals surface area contributed by atoms with Crippen molar-refractivity contribution in [1.82, 2.24) is 0 Å². The minimum atomic E-state index is -4.16. The number of hydrogen-bond donors (Lipinski definition) is 1.